The lowest BCUT2D eigenvalue weighted by Gasteiger charge is -2.34. The second kappa shape index (κ2) is 3.93. The summed E-state index contributed by atoms with van der Waals surface area (Å²) in [6.45, 7) is 13.5. The molecule has 0 saturated heterocycles. The highest BCUT2D eigenvalue weighted by molar-refractivity contribution is 6.05. The van der Waals surface area contributed by atoms with Crippen LogP contribution < -0.4 is 0 Å². The molecule has 0 bridgehead atoms. The molecule has 0 N–H and O–H groups in total. The van der Waals surface area contributed by atoms with E-state index in [0.29, 0.717) is 12.0 Å². The molecule has 17 heavy (non-hydrogen) atoms. The molecule has 2 heteroatoms. The summed E-state index contributed by atoms with van der Waals surface area (Å²) in [4.78, 5) is 9.84. The number of amidine groups is 1. The summed E-state index contributed by atoms with van der Waals surface area (Å²) in [7, 11) is 0. The van der Waals surface area contributed by atoms with Gasteiger partial charge in [0.25, 0.3) is 0 Å². The predicted molar refractivity (Wildman–Crippen MR) is 74.9 cm³/mol. The highest BCUT2D eigenvalue weighted by atomic mass is 15.0. The van der Waals surface area contributed by atoms with E-state index in [0.717, 1.165) is 5.84 Å². The standard InChI is InChI=1S/C15H26N2/c1-14(2,3)12-10-8-7-9-11(10)16-13(17-12)15(4,5)6/h10-11H,7-9H2,1-6H3. The van der Waals surface area contributed by atoms with Crippen molar-refractivity contribution in [1.29, 1.82) is 0 Å². The van der Waals surface area contributed by atoms with Crippen LogP contribution in [-0.2, 0) is 0 Å². The monoisotopic (exact) mass is 234 g/mol. The molecule has 1 heterocycles. The van der Waals surface area contributed by atoms with Crippen LogP contribution in [0.5, 0.6) is 0 Å². The van der Waals surface area contributed by atoms with Gasteiger partial charge in [-0.1, -0.05) is 48.0 Å². The average Bonchev–Trinajstić information content (AvgIpc) is 2.59. The zero-order valence-corrected chi connectivity index (χ0v) is 12.2. The second-order valence-electron chi connectivity index (χ2n) is 7.55. The second-order valence-corrected chi connectivity index (χ2v) is 7.55. The van der Waals surface area contributed by atoms with Crippen molar-refractivity contribution in [2.24, 2.45) is 26.7 Å². The molecule has 1 fully saturated rings. The van der Waals surface area contributed by atoms with Gasteiger partial charge in [-0.2, -0.15) is 0 Å². The first-order valence-corrected chi connectivity index (χ1v) is 6.87. The van der Waals surface area contributed by atoms with E-state index in [9.17, 15) is 0 Å². The lowest BCUT2D eigenvalue weighted by molar-refractivity contribution is 0.488. The summed E-state index contributed by atoms with van der Waals surface area (Å²) >= 11 is 0. The van der Waals surface area contributed by atoms with Gasteiger partial charge < -0.3 is 0 Å². The zero-order chi connectivity index (χ0) is 12.8. The van der Waals surface area contributed by atoms with E-state index < -0.39 is 0 Å². The number of hydrogen-bond acceptors (Lipinski definition) is 2. The summed E-state index contributed by atoms with van der Waals surface area (Å²) in [5, 5.41) is 0. The smallest absolute Gasteiger partial charge is 0.128 e. The van der Waals surface area contributed by atoms with Crippen LogP contribution in [0.2, 0.25) is 0 Å². The third-order valence-corrected chi connectivity index (χ3v) is 3.78. The number of aliphatic imine (C=N–C) groups is 2. The number of nitrogens with zero attached hydrogens (tertiary/aromatic N) is 2. The Morgan fingerprint density at radius 1 is 0.941 bits per heavy atom. The summed E-state index contributed by atoms with van der Waals surface area (Å²) in [5.74, 6) is 1.67. The Hall–Kier alpha value is -0.660. The lowest BCUT2D eigenvalue weighted by Crippen LogP contribution is -2.39. The Labute approximate surface area is 106 Å². The van der Waals surface area contributed by atoms with Crippen LogP contribution in [0.1, 0.15) is 60.8 Å². The molecule has 2 nitrogen and oxygen atoms in total. The highest BCUT2D eigenvalue weighted by Crippen LogP contribution is 2.39. The van der Waals surface area contributed by atoms with Gasteiger partial charge in [-0.05, 0) is 12.8 Å². The van der Waals surface area contributed by atoms with Gasteiger partial charge in [0, 0.05) is 22.5 Å². The fourth-order valence-electron chi connectivity index (χ4n) is 2.88. The third-order valence-electron chi connectivity index (χ3n) is 3.78. The molecule has 2 unspecified atom stereocenters. The van der Waals surface area contributed by atoms with Crippen LogP contribution in [0.15, 0.2) is 9.98 Å². The molecule has 1 saturated carbocycles. The van der Waals surface area contributed by atoms with E-state index in [1.165, 1.54) is 25.0 Å². The van der Waals surface area contributed by atoms with E-state index >= 15 is 0 Å². The molecule has 0 aromatic heterocycles. The van der Waals surface area contributed by atoms with Gasteiger partial charge in [-0.15, -0.1) is 0 Å². The van der Waals surface area contributed by atoms with Gasteiger partial charge in [-0.3, -0.25) is 4.99 Å². The van der Waals surface area contributed by atoms with Gasteiger partial charge in [0.05, 0.1) is 6.04 Å². The molecule has 1 aliphatic heterocycles. The molecule has 96 valence electrons. The Morgan fingerprint density at radius 2 is 1.59 bits per heavy atom. The molecule has 0 aromatic carbocycles. The molecular weight excluding hydrogens is 208 g/mol. The van der Waals surface area contributed by atoms with Crippen LogP contribution in [0.25, 0.3) is 0 Å². The van der Waals surface area contributed by atoms with Crippen molar-refractivity contribution < 1.29 is 0 Å². The van der Waals surface area contributed by atoms with Gasteiger partial charge in [-0.25, -0.2) is 4.99 Å². The minimum absolute atomic E-state index is 0.0735. The van der Waals surface area contributed by atoms with Gasteiger partial charge >= 0.3 is 0 Å². The van der Waals surface area contributed by atoms with E-state index in [1.807, 2.05) is 0 Å². The summed E-state index contributed by atoms with van der Waals surface area (Å²) < 4.78 is 0. The first kappa shape index (κ1) is 12.8. The molecule has 2 atom stereocenters. The molecular formula is C15H26N2. The molecule has 2 aliphatic rings. The number of rotatable bonds is 0. The van der Waals surface area contributed by atoms with E-state index in [1.54, 1.807) is 0 Å². The van der Waals surface area contributed by atoms with Crippen LogP contribution >= 0.6 is 0 Å². The van der Waals surface area contributed by atoms with Crippen molar-refractivity contribution in [2.45, 2.75) is 66.8 Å². The Kier molecular flexibility index (Phi) is 2.95. The van der Waals surface area contributed by atoms with E-state index in [-0.39, 0.29) is 10.8 Å². The highest BCUT2D eigenvalue weighted by Gasteiger charge is 2.40. The Balaban J connectivity index is 2.41. The van der Waals surface area contributed by atoms with Crippen LogP contribution in [-0.4, -0.2) is 17.6 Å². The maximum atomic E-state index is 4.93. The number of fused-ring (bicyclic) bond motifs is 1. The predicted octanol–water partition coefficient (Wildman–Crippen LogP) is 4.10. The van der Waals surface area contributed by atoms with E-state index in [4.69, 9.17) is 9.98 Å². The van der Waals surface area contributed by atoms with Crippen molar-refractivity contribution in [2.75, 3.05) is 0 Å². The number of hydrogen-bond donors (Lipinski definition) is 0. The molecule has 1 aliphatic carbocycles. The Bertz CT molecular complexity index is 363. The SMILES string of the molecule is CC(C)(C)C1=NC2CCCC2C(C(C)(C)C)=N1. The quantitative estimate of drug-likeness (QED) is 0.603. The van der Waals surface area contributed by atoms with Crippen molar-refractivity contribution >= 4 is 11.5 Å². The average molecular weight is 234 g/mol. The minimum atomic E-state index is 0.0735. The normalized spacial score (nSPS) is 29.8. The summed E-state index contributed by atoms with van der Waals surface area (Å²) in [5.41, 5.74) is 1.64. The maximum absolute atomic E-state index is 4.93. The summed E-state index contributed by atoms with van der Waals surface area (Å²) in [6, 6.07) is 0.510. The first-order valence-electron chi connectivity index (χ1n) is 6.87. The minimum Gasteiger partial charge on any atom is -0.266 e. The van der Waals surface area contributed by atoms with Gasteiger partial charge in [0.15, 0.2) is 0 Å². The maximum Gasteiger partial charge on any atom is 0.128 e. The molecule has 0 amide bonds. The summed E-state index contributed by atoms with van der Waals surface area (Å²) in [6.07, 6.45) is 3.84. The van der Waals surface area contributed by atoms with E-state index in [2.05, 4.69) is 41.5 Å². The fourth-order valence-corrected chi connectivity index (χ4v) is 2.88. The fraction of sp³-hybridized carbons (Fsp3) is 0.867. The van der Waals surface area contributed by atoms with Crippen molar-refractivity contribution in [3.8, 4) is 0 Å². The van der Waals surface area contributed by atoms with Crippen molar-refractivity contribution in [3.05, 3.63) is 0 Å². The lowest BCUT2D eigenvalue weighted by atomic mass is 9.78. The van der Waals surface area contributed by atoms with Crippen molar-refractivity contribution in [1.82, 2.24) is 0 Å². The van der Waals surface area contributed by atoms with Crippen LogP contribution in [0.3, 0.4) is 0 Å². The third kappa shape index (κ3) is 2.46. The van der Waals surface area contributed by atoms with Gasteiger partial charge in [0.2, 0.25) is 0 Å². The molecule has 2 rings (SSSR count). The molecule has 0 aromatic rings. The van der Waals surface area contributed by atoms with Crippen LogP contribution in [0.4, 0.5) is 0 Å². The Morgan fingerprint density at radius 3 is 2.12 bits per heavy atom. The van der Waals surface area contributed by atoms with Crippen molar-refractivity contribution in [3.63, 3.8) is 0 Å². The first-order chi connectivity index (χ1) is 7.69. The zero-order valence-electron chi connectivity index (χ0n) is 12.2. The topological polar surface area (TPSA) is 24.7 Å². The largest absolute Gasteiger partial charge is 0.266 e. The molecule has 0 spiro atoms. The van der Waals surface area contributed by atoms with Crippen LogP contribution in [0, 0.1) is 16.7 Å². The van der Waals surface area contributed by atoms with Gasteiger partial charge in [0.1, 0.15) is 5.84 Å². The molecule has 0 radical (unpaired) electrons.